The lowest BCUT2D eigenvalue weighted by Gasteiger charge is -2.23. The Morgan fingerprint density at radius 1 is 1.25 bits per heavy atom. The molecule has 0 aromatic carbocycles. The van der Waals surface area contributed by atoms with Crippen molar-refractivity contribution >= 4 is 0 Å². The molecule has 0 aliphatic carbocycles. The fourth-order valence-electron chi connectivity index (χ4n) is 4.00. The fourth-order valence-corrected chi connectivity index (χ4v) is 4.00. The molecule has 32 heavy (non-hydrogen) atoms. The van der Waals surface area contributed by atoms with Gasteiger partial charge in [-0.15, -0.1) is 0 Å². The van der Waals surface area contributed by atoms with Gasteiger partial charge < -0.3 is 14.5 Å². The van der Waals surface area contributed by atoms with Gasteiger partial charge in [0.1, 0.15) is 11.6 Å². The minimum absolute atomic E-state index is 0.139. The molecule has 3 aromatic heterocycles. The van der Waals surface area contributed by atoms with E-state index >= 15 is 0 Å². The van der Waals surface area contributed by atoms with E-state index in [4.69, 9.17) is 4.98 Å². The molecule has 1 aliphatic rings. The number of aromatic amines is 1. The van der Waals surface area contributed by atoms with Crippen molar-refractivity contribution in [3.8, 4) is 5.69 Å². The fraction of sp³-hybridized carbons (Fsp3) is 0.524. The summed E-state index contributed by atoms with van der Waals surface area (Å²) in [7, 11) is 4.05. The number of aromatic nitrogens is 6. The number of imidazole rings is 1. The molecule has 0 bridgehead atoms. The minimum Gasteiger partial charge on any atom is -0.334 e. The van der Waals surface area contributed by atoms with Gasteiger partial charge in [0.15, 0.2) is 11.5 Å². The van der Waals surface area contributed by atoms with Crippen molar-refractivity contribution in [3.63, 3.8) is 0 Å². The number of aryl methyl sites for hydroxylation is 2. The zero-order valence-electron chi connectivity index (χ0n) is 18.1. The van der Waals surface area contributed by atoms with Crippen LogP contribution in [-0.2, 0) is 25.6 Å². The second kappa shape index (κ2) is 8.89. The Bertz CT molecular complexity index is 1130. The third-order valence-corrected chi connectivity index (χ3v) is 5.58. The number of H-pyrrole nitrogens is 1. The van der Waals surface area contributed by atoms with Crippen LogP contribution in [0, 0.1) is 0 Å². The summed E-state index contributed by atoms with van der Waals surface area (Å²) >= 11 is 0. The first-order chi connectivity index (χ1) is 15.2. The van der Waals surface area contributed by atoms with Gasteiger partial charge in [0.05, 0.1) is 5.69 Å². The van der Waals surface area contributed by atoms with Gasteiger partial charge in [0.2, 0.25) is 5.56 Å². The van der Waals surface area contributed by atoms with Crippen molar-refractivity contribution in [1.29, 1.82) is 0 Å². The summed E-state index contributed by atoms with van der Waals surface area (Å²) in [4.78, 5) is 25.1. The van der Waals surface area contributed by atoms with Crippen LogP contribution in [0.15, 0.2) is 29.3 Å². The summed E-state index contributed by atoms with van der Waals surface area (Å²) in [5, 5.41) is 4.65. The van der Waals surface area contributed by atoms with Crippen LogP contribution < -0.4 is 5.56 Å². The molecule has 4 rings (SSSR count). The molecular formula is C21H26F3N7O. The molecule has 0 amide bonds. The summed E-state index contributed by atoms with van der Waals surface area (Å²) in [5.74, 6) is 1.62. The Labute approximate surface area is 183 Å². The Morgan fingerprint density at radius 3 is 2.78 bits per heavy atom. The van der Waals surface area contributed by atoms with Gasteiger partial charge in [0, 0.05) is 43.8 Å². The maximum Gasteiger partial charge on any atom is 0.434 e. The van der Waals surface area contributed by atoms with E-state index in [1.165, 1.54) is 6.07 Å². The van der Waals surface area contributed by atoms with E-state index in [0.29, 0.717) is 49.0 Å². The van der Waals surface area contributed by atoms with Crippen molar-refractivity contribution in [2.24, 2.45) is 0 Å². The van der Waals surface area contributed by atoms with Crippen LogP contribution in [0.4, 0.5) is 13.2 Å². The topological polar surface area (TPSA) is 84.6 Å². The zero-order valence-corrected chi connectivity index (χ0v) is 18.1. The van der Waals surface area contributed by atoms with Gasteiger partial charge in [-0.2, -0.15) is 18.3 Å². The number of halogens is 3. The maximum absolute atomic E-state index is 13.1. The van der Waals surface area contributed by atoms with E-state index in [1.807, 2.05) is 14.1 Å². The van der Waals surface area contributed by atoms with Gasteiger partial charge in [-0.25, -0.2) is 14.6 Å². The first-order valence-corrected chi connectivity index (χ1v) is 10.6. The third kappa shape index (κ3) is 4.93. The molecule has 1 unspecified atom stereocenters. The molecule has 172 valence electrons. The lowest BCUT2D eigenvalue weighted by Crippen LogP contribution is -2.22. The predicted molar refractivity (Wildman–Crippen MR) is 112 cm³/mol. The number of pyridine rings is 1. The number of alkyl halides is 3. The lowest BCUT2D eigenvalue weighted by molar-refractivity contribution is -0.141. The van der Waals surface area contributed by atoms with Gasteiger partial charge >= 0.3 is 6.18 Å². The molecule has 0 fully saturated rings. The quantitative estimate of drug-likeness (QED) is 0.561. The normalized spacial score (nSPS) is 16.5. The Morgan fingerprint density at radius 2 is 2.06 bits per heavy atom. The van der Waals surface area contributed by atoms with E-state index in [1.54, 1.807) is 21.5 Å². The Kier molecular flexibility index (Phi) is 6.18. The van der Waals surface area contributed by atoms with E-state index in [9.17, 15) is 18.0 Å². The lowest BCUT2D eigenvalue weighted by atomic mass is 9.98. The Balaban J connectivity index is 1.61. The van der Waals surface area contributed by atoms with E-state index < -0.39 is 11.9 Å². The molecule has 1 N–H and O–H groups in total. The molecular weight excluding hydrogens is 423 g/mol. The SMILES string of the molecule is CN(C)CCCCc1nc(C2CCc3nc(C(F)(F)F)cn3C2)n(-c2cc[nH]c(=O)c2)n1. The summed E-state index contributed by atoms with van der Waals surface area (Å²) < 4.78 is 42.5. The van der Waals surface area contributed by atoms with Crippen LogP contribution >= 0.6 is 0 Å². The summed E-state index contributed by atoms with van der Waals surface area (Å²) in [6, 6.07) is 3.18. The minimum atomic E-state index is -4.47. The van der Waals surface area contributed by atoms with Crippen molar-refractivity contribution in [2.75, 3.05) is 20.6 Å². The van der Waals surface area contributed by atoms with Crippen LogP contribution in [0.5, 0.6) is 0 Å². The smallest absolute Gasteiger partial charge is 0.334 e. The summed E-state index contributed by atoms with van der Waals surface area (Å²) in [6.45, 7) is 1.30. The predicted octanol–water partition coefficient (Wildman–Crippen LogP) is 2.79. The van der Waals surface area contributed by atoms with Crippen molar-refractivity contribution < 1.29 is 13.2 Å². The molecule has 1 atom stereocenters. The first-order valence-electron chi connectivity index (χ1n) is 10.6. The highest BCUT2D eigenvalue weighted by molar-refractivity contribution is 5.30. The highest BCUT2D eigenvalue weighted by atomic mass is 19.4. The molecule has 0 spiro atoms. The average Bonchev–Trinajstić information content (AvgIpc) is 3.35. The number of unbranched alkanes of at least 4 members (excludes halogenated alkanes) is 1. The number of fused-ring (bicyclic) bond motifs is 1. The zero-order chi connectivity index (χ0) is 22.9. The highest BCUT2D eigenvalue weighted by Gasteiger charge is 2.36. The van der Waals surface area contributed by atoms with Crippen LogP contribution in [0.2, 0.25) is 0 Å². The van der Waals surface area contributed by atoms with Crippen LogP contribution in [0.25, 0.3) is 5.69 Å². The van der Waals surface area contributed by atoms with E-state index in [-0.39, 0.29) is 11.5 Å². The number of hydrogen-bond acceptors (Lipinski definition) is 5. The van der Waals surface area contributed by atoms with Gasteiger partial charge in [-0.05, 0) is 46.0 Å². The molecule has 0 saturated carbocycles. The molecule has 1 aliphatic heterocycles. The van der Waals surface area contributed by atoms with E-state index in [0.717, 1.165) is 25.6 Å². The first kappa shape index (κ1) is 22.3. The number of rotatable bonds is 7. The second-order valence-corrected chi connectivity index (χ2v) is 8.40. The van der Waals surface area contributed by atoms with Gasteiger partial charge in [-0.1, -0.05) is 0 Å². The van der Waals surface area contributed by atoms with Crippen LogP contribution in [-0.4, -0.2) is 54.8 Å². The average molecular weight is 449 g/mol. The van der Waals surface area contributed by atoms with Gasteiger partial charge in [0.25, 0.3) is 0 Å². The molecule has 3 aromatic rings. The van der Waals surface area contributed by atoms with Crippen molar-refractivity contribution in [1.82, 2.24) is 34.2 Å². The summed E-state index contributed by atoms with van der Waals surface area (Å²) in [5.41, 5.74) is -0.541. The molecule has 0 saturated heterocycles. The number of hydrogen-bond donors (Lipinski definition) is 1. The number of nitrogens with one attached hydrogen (secondary N) is 1. The highest BCUT2D eigenvalue weighted by Crippen LogP contribution is 2.33. The molecule has 11 heteroatoms. The van der Waals surface area contributed by atoms with Gasteiger partial charge in [-0.3, -0.25) is 4.79 Å². The van der Waals surface area contributed by atoms with Crippen LogP contribution in [0.3, 0.4) is 0 Å². The Hall–Kier alpha value is -2.95. The van der Waals surface area contributed by atoms with E-state index in [2.05, 4.69) is 20.0 Å². The third-order valence-electron chi connectivity index (χ3n) is 5.58. The standard InChI is InChI=1S/C21H26F3N7O/c1-29(2)10-4-3-5-17-27-20(31(28-17)15-8-9-25-19(32)11-15)14-6-7-18-26-16(21(22,23)24)13-30(18)12-14/h8-9,11,13-14H,3-7,10,12H2,1-2H3,(H,25,32). The maximum atomic E-state index is 13.1. The molecule has 8 nitrogen and oxygen atoms in total. The van der Waals surface area contributed by atoms with Crippen molar-refractivity contribution in [2.45, 2.75) is 50.7 Å². The summed E-state index contributed by atoms with van der Waals surface area (Å²) in [6.07, 6.45) is 1.79. The number of nitrogens with zero attached hydrogens (tertiary/aromatic N) is 6. The van der Waals surface area contributed by atoms with Crippen LogP contribution in [0.1, 0.15) is 48.3 Å². The monoisotopic (exact) mass is 449 g/mol. The second-order valence-electron chi connectivity index (χ2n) is 8.40. The van der Waals surface area contributed by atoms with Crippen molar-refractivity contribution in [3.05, 3.63) is 58.0 Å². The largest absolute Gasteiger partial charge is 0.434 e. The molecule has 4 heterocycles. The molecule has 0 radical (unpaired) electrons.